The SMILES string of the molecule is CC(C)CC(C(=O)NC(Cc1ccc(CCC(=O)O)cc1)C(=O)O)c1ccc(NC(=C[N+](=O)[O-])Nc2ccc([N+](=O)[O-])cc2)cc1. The van der Waals surface area contributed by atoms with Crippen LogP contribution in [-0.2, 0) is 27.2 Å². The molecule has 0 spiro atoms. The summed E-state index contributed by atoms with van der Waals surface area (Å²) in [4.78, 5) is 57.3. The number of carboxylic acids is 2. The van der Waals surface area contributed by atoms with E-state index in [9.17, 15) is 39.7 Å². The standard InChI is InChI=1S/C32H35N5O9/c1-20(2)17-27(31(40)35-28(32(41)42)18-22-5-3-21(4-6-22)7-16-30(38)39)23-8-10-24(11-9-23)33-29(19-36(43)44)34-25-12-14-26(15-13-25)37(45)46/h3-6,8-15,19-20,27-28,33-34H,7,16-18H2,1-2H3,(H,35,40)(H,38,39)(H,41,42). The van der Waals surface area contributed by atoms with Crippen molar-refractivity contribution in [2.45, 2.75) is 51.5 Å². The molecule has 242 valence electrons. The number of carboxylic acid groups (broad SMARTS) is 2. The number of carbonyl (C=O) groups is 3. The average molecular weight is 634 g/mol. The number of anilines is 2. The Balaban J connectivity index is 1.73. The summed E-state index contributed by atoms with van der Waals surface area (Å²) in [7, 11) is 0. The van der Waals surface area contributed by atoms with Crippen molar-refractivity contribution in [2.24, 2.45) is 5.92 Å². The van der Waals surface area contributed by atoms with Crippen LogP contribution in [0.15, 0.2) is 84.8 Å². The van der Waals surface area contributed by atoms with E-state index >= 15 is 0 Å². The van der Waals surface area contributed by atoms with Crippen LogP contribution in [0.3, 0.4) is 0 Å². The topological polar surface area (TPSA) is 214 Å². The van der Waals surface area contributed by atoms with Gasteiger partial charge in [-0.2, -0.15) is 0 Å². The lowest BCUT2D eigenvalue weighted by Crippen LogP contribution is -2.44. The minimum absolute atomic E-state index is 0.0118. The lowest BCUT2D eigenvalue weighted by Gasteiger charge is -2.23. The third-order valence-corrected chi connectivity index (χ3v) is 6.91. The molecule has 0 radical (unpaired) electrons. The fourth-order valence-corrected chi connectivity index (χ4v) is 4.64. The third kappa shape index (κ3) is 11.0. The summed E-state index contributed by atoms with van der Waals surface area (Å²) >= 11 is 0. The van der Waals surface area contributed by atoms with Gasteiger partial charge in [0.05, 0.1) is 15.8 Å². The zero-order valence-electron chi connectivity index (χ0n) is 25.2. The number of aryl methyl sites for hydroxylation is 1. The minimum atomic E-state index is -1.20. The number of carbonyl (C=O) groups excluding carboxylic acids is 1. The van der Waals surface area contributed by atoms with Gasteiger partial charge in [0.15, 0.2) is 5.82 Å². The molecule has 0 aromatic heterocycles. The summed E-state index contributed by atoms with van der Waals surface area (Å²) in [6.07, 6.45) is 1.50. The molecule has 0 aliphatic carbocycles. The summed E-state index contributed by atoms with van der Waals surface area (Å²) in [5.74, 6) is -3.17. The molecule has 0 saturated carbocycles. The number of aliphatic carboxylic acids is 2. The highest BCUT2D eigenvalue weighted by molar-refractivity contribution is 5.88. The van der Waals surface area contributed by atoms with E-state index in [1.54, 1.807) is 48.5 Å². The van der Waals surface area contributed by atoms with Gasteiger partial charge in [0.2, 0.25) is 5.91 Å². The molecule has 0 aliphatic heterocycles. The molecule has 0 saturated heterocycles. The fourth-order valence-electron chi connectivity index (χ4n) is 4.64. The Bertz CT molecular complexity index is 1570. The summed E-state index contributed by atoms with van der Waals surface area (Å²) in [5.41, 5.74) is 2.78. The Labute approximate surface area is 264 Å². The van der Waals surface area contributed by atoms with Crippen LogP contribution in [0.4, 0.5) is 17.1 Å². The number of nitro benzene ring substituents is 1. The zero-order valence-corrected chi connectivity index (χ0v) is 25.2. The highest BCUT2D eigenvalue weighted by atomic mass is 16.6. The molecular weight excluding hydrogens is 598 g/mol. The molecule has 0 fully saturated rings. The maximum Gasteiger partial charge on any atom is 0.326 e. The molecule has 46 heavy (non-hydrogen) atoms. The first-order valence-corrected chi connectivity index (χ1v) is 14.4. The highest BCUT2D eigenvalue weighted by Gasteiger charge is 2.27. The zero-order chi connectivity index (χ0) is 33.8. The first kappa shape index (κ1) is 34.7. The van der Waals surface area contributed by atoms with Crippen molar-refractivity contribution in [3.8, 4) is 0 Å². The van der Waals surface area contributed by atoms with Gasteiger partial charge in [0.1, 0.15) is 6.04 Å². The number of nitrogens with zero attached hydrogens (tertiary/aromatic N) is 2. The van der Waals surface area contributed by atoms with Gasteiger partial charge in [-0.05, 0) is 59.7 Å². The highest BCUT2D eigenvalue weighted by Crippen LogP contribution is 2.27. The Kier molecular flexibility index (Phi) is 12.3. The van der Waals surface area contributed by atoms with Gasteiger partial charge in [0, 0.05) is 36.3 Å². The van der Waals surface area contributed by atoms with E-state index in [1.165, 1.54) is 24.3 Å². The maximum atomic E-state index is 13.5. The molecule has 1 amide bonds. The van der Waals surface area contributed by atoms with E-state index in [4.69, 9.17) is 5.11 Å². The Hall–Kier alpha value is -5.79. The van der Waals surface area contributed by atoms with Gasteiger partial charge in [-0.3, -0.25) is 29.8 Å². The summed E-state index contributed by atoms with van der Waals surface area (Å²) in [6, 6.07) is 17.7. The van der Waals surface area contributed by atoms with Crippen LogP contribution in [0.25, 0.3) is 0 Å². The quantitative estimate of drug-likeness (QED) is 0.0967. The van der Waals surface area contributed by atoms with Crippen molar-refractivity contribution >= 4 is 34.9 Å². The van der Waals surface area contributed by atoms with Crippen LogP contribution < -0.4 is 16.0 Å². The summed E-state index contributed by atoms with van der Waals surface area (Å²) in [5, 5.41) is 49.2. The van der Waals surface area contributed by atoms with Crippen molar-refractivity contribution < 1.29 is 34.4 Å². The number of benzene rings is 3. The Morgan fingerprint density at radius 2 is 1.37 bits per heavy atom. The van der Waals surface area contributed by atoms with E-state index < -0.39 is 39.7 Å². The molecule has 14 heteroatoms. The molecule has 5 N–H and O–H groups in total. The molecule has 0 heterocycles. The van der Waals surface area contributed by atoms with E-state index in [0.29, 0.717) is 41.5 Å². The number of nitrogens with one attached hydrogen (secondary N) is 3. The first-order chi connectivity index (χ1) is 21.8. The minimum Gasteiger partial charge on any atom is -0.481 e. The van der Waals surface area contributed by atoms with Gasteiger partial charge in [0.25, 0.3) is 11.9 Å². The lowest BCUT2D eigenvalue weighted by atomic mass is 9.89. The van der Waals surface area contributed by atoms with Crippen molar-refractivity contribution in [1.82, 2.24) is 5.32 Å². The van der Waals surface area contributed by atoms with Crippen LogP contribution in [0.2, 0.25) is 0 Å². The predicted molar refractivity (Wildman–Crippen MR) is 170 cm³/mol. The van der Waals surface area contributed by atoms with Crippen LogP contribution in [0.1, 0.15) is 49.3 Å². The van der Waals surface area contributed by atoms with E-state index in [2.05, 4.69) is 16.0 Å². The smallest absolute Gasteiger partial charge is 0.326 e. The molecule has 2 atom stereocenters. The van der Waals surface area contributed by atoms with Gasteiger partial charge in [-0.15, -0.1) is 0 Å². The largest absolute Gasteiger partial charge is 0.481 e. The molecule has 3 aromatic rings. The number of nitro groups is 2. The van der Waals surface area contributed by atoms with Crippen molar-refractivity contribution in [3.63, 3.8) is 0 Å². The molecular formula is C32H35N5O9. The predicted octanol–water partition coefficient (Wildman–Crippen LogP) is 5.15. The molecule has 2 unspecified atom stereocenters. The van der Waals surface area contributed by atoms with E-state index in [0.717, 1.165) is 5.56 Å². The number of rotatable bonds is 17. The fraction of sp³-hybridized carbons (Fsp3) is 0.281. The van der Waals surface area contributed by atoms with Crippen molar-refractivity contribution in [3.05, 3.63) is 122 Å². The van der Waals surface area contributed by atoms with E-state index in [1.807, 2.05) is 13.8 Å². The molecule has 3 rings (SSSR count). The normalized spacial score (nSPS) is 12.5. The lowest BCUT2D eigenvalue weighted by molar-refractivity contribution is -0.403. The number of non-ortho nitro benzene ring substituents is 1. The summed E-state index contributed by atoms with van der Waals surface area (Å²) in [6.45, 7) is 3.88. The van der Waals surface area contributed by atoms with E-state index in [-0.39, 0.29) is 30.3 Å². The van der Waals surface area contributed by atoms with Gasteiger partial charge >= 0.3 is 11.9 Å². The molecule has 0 aliphatic rings. The summed E-state index contributed by atoms with van der Waals surface area (Å²) < 4.78 is 0. The van der Waals surface area contributed by atoms with Crippen molar-refractivity contribution in [1.29, 1.82) is 0 Å². The van der Waals surface area contributed by atoms with Gasteiger partial charge in [-0.1, -0.05) is 50.2 Å². The Morgan fingerprint density at radius 1 is 0.826 bits per heavy atom. The average Bonchev–Trinajstić information content (AvgIpc) is 2.99. The molecule has 3 aromatic carbocycles. The second kappa shape index (κ2) is 16.3. The van der Waals surface area contributed by atoms with Gasteiger partial charge in [-0.25, -0.2) is 4.79 Å². The second-order valence-electron chi connectivity index (χ2n) is 11.0. The number of amides is 1. The third-order valence-electron chi connectivity index (χ3n) is 6.91. The number of hydrogen-bond acceptors (Lipinski definition) is 9. The van der Waals surface area contributed by atoms with Gasteiger partial charge < -0.3 is 26.2 Å². The van der Waals surface area contributed by atoms with Crippen LogP contribution in [-0.4, -0.2) is 43.9 Å². The first-order valence-electron chi connectivity index (χ1n) is 14.4. The Morgan fingerprint density at radius 3 is 1.85 bits per heavy atom. The van der Waals surface area contributed by atoms with Crippen LogP contribution in [0, 0.1) is 26.1 Å². The second-order valence-corrected chi connectivity index (χ2v) is 11.0. The monoisotopic (exact) mass is 633 g/mol. The molecule has 0 bridgehead atoms. The number of hydrogen-bond donors (Lipinski definition) is 5. The van der Waals surface area contributed by atoms with Crippen molar-refractivity contribution in [2.75, 3.05) is 10.6 Å². The van der Waals surface area contributed by atoms with Crippen LogP contribution in [0.5, 0.6) is 0 Å². The maximum absolute atomic E-state index is 13.5. The molecule has 14 nitrogen and oxygen atoms in total. The van der Waals surface area contributed by atoms with Crippen LogP contribution >= 0.6 is 0 Å².